The molecule has 1 atom stereocenters. The van der Waals surface area contributed by atoms with Crippen LogP contribution in [0.15, 0.2) is 24.3 Å². The van der Waals surface area contributed by atoms with Crippen molar-refractivity contribution < 1.29 is 14.6 Å². The zero-order valence-corrected chi connectivity index (χ0v) is 9.27. The smallest absolute Gasteiger partial charge is 0.118 e. The summed E-state index contributed by atoms with van der Waals surface area (Å²) in [5.41, 5.74) is 1.11. The molecule has 0 aromatic heterocycles. The van der Waals surface area contributed by atoms with Crippen molar-refractivity contribution in [3.63, 3.8) is 0 Å². The minimum Gasteiger partial charge on any atom is -0.497 e. The van der Waals surface area contributed by atoms with Crippen LogP contribution in [-0.2, 0) is 11.3 Å². The molecule has 3 nitrogen and oxygen atoms in total. The summed E-state index contributed by atoms with van der Waals surface area (Å²) in [6.07, 6.45) is 0.386. The third kappa shape index (κ3) is 4.81. The monoisotopic (exact) mass is 210 g/mol. The van der Waals surface area contributed by atoms with Crippen molar-refractivity contribution >= 4 is 0 Å². The normalized spacial score (nSPS) is 12.5. The van der Waals surface area contributed by atoms with E-state index < -0.39 is 0 Å². The lowest BCUT2D eigenvalue weighted by Crippen LogP contribution is -2.05. The van der Waals surface area contributed by atoms with Crippen LogP contribution in [0.4, 0.5) is 0 Å². The number of ether oxygens (including phenoxy) is 2. The second kappa shape index (κ2) is 6.43. The highest BCUT2D eigenvalue weighted by Crippen LogP contribution is 2.11. The largest absolute Gasteiger partial charge is 0.497 e. The van der Waals surface area contributed by atoms with Crippen LogP contribution in [0.5, 0.6) is 5.75 Å². The van der Waals surface area contributed by atoms with E-state index in [4.69, 9.17) is 14.6 Å². The topological polar surface area (TPSA) is 38.7 Å². The molecule has 0 aliphatic heterocycles. The van der Waals surface area contributed by atoms with Crippen molar-refractivity contribution in [2.45, 2.75) is 26.1 Å². The number of rotatable bonds is 6. The summed E-state index contributed by atoms with van der Waals surface area (Å²) < 4.78 is 10.5. The molecule has 1 aromatic rings. The van der Waals surface area contributed by atoms with Crippen LogP contribution >= 0.6 is 0 Å². The molecule has 15 heavy (non-hydrogen) atoms. The fourth-order valence-corrected chi connectivity index (χ4v) is 1.17. The molecule has 1 rings (SSSR count). The summed E-state index contributed by atoms with van der Waals surface area (Å²) in [5.74, 6) is 0.850. The lowest BCUT2D eigenvalue weighted by Gasteiger charge is -2.06. The van der Waals surface area contributed by atoms with Gasteiger partial charge in [0.25, 0.3) is 0 Å². The molecule has 0 bridgehead atoms. The van der Waals surface area contributed by atoms with Crippen molar-refractivity contribution in [3.8, 4) is 5.75 Å². The Balaban J connectivity index is 2.25. The Morgan fingerprint density at radius 1 is 1.27 bits per heavy atom. The molecule has 0 fully saturated rings. The first-order valence-electron chi connectivity index (χ1n) is 5.11. The average Bonchev–Trinajstić information content (AvgIpc) is 2.25. The fourth-order valence-electron chi connectivity index (χ4n) is 1.17. The Morgan fingerprint density at radius 3 is 2.47 bits per heavy atom. The van der Waals surface area contributed by atoms with E-state index in [0.717, 1.165) is 11.3 Å². The first-order chi connectivity index (χ1) is 7.22. The molecule has 0 heterocycles. The molecule has 0 saturated carbocycles. The van der Waals surface area contributed by atoms with Gasteiger partial charge in [0.1, 0.15) is 5.75 Å². The van der Waals surface area contributed by atoms with Crippen molar-refractivity contribution in [1.82, 2.24) is 0 Å². The maximum atomic E-state index is 9.02. The summed E-state index contributed by atoms with van der Waals surface area (Å²) >= 11 is 0. The average molecular weight is 210 g/mol. The maximum absolute atomic E-state index is 9.02. The second-order valence-corrected chi connectivity index (χ2v) is 3.54. The van der Waals surface area contributed by atoms with Crippen molar-refractivity contribution in [3.05, 3.63) is 29.8 Å². The van der Waals surface area contributed by atoms with Crippen LogP contribution in [0.25, 0.3) is 0 Å². The van der Waals surface area contributed by atoms with Gasteiger partial charge in [0.2, 0.25) is 0 Å². The molecule has 84 valence electrons. The predicted molar refractivity (Wildman–Crippen MR) is 58.9 cm³/mol. The third-order valence-corrected chi connectivity index (χ3v) is 2.11. The molecule has 0 aliphatic carbocycles. The molecule has 1 N–H and O–H groups in total. The van der Waals surface area contributed by atoms with E-state index in [2.05, 4.69) is 0 Å². The zero-order valence-electron chi connectivity index (χ0n) is 9.27. The fraction of sp³-hybridized carbons (Fsp3) is 0.500. The molecule has 0 spiro atoms. The maximum Gasteiger partial charge on any atom is 0.118 e. The highest BCUT2D eigenvalue weighted by atomic mass is 16.5. The predicted octanol–water partition coefficient (Wildman–Crippen LogP) is 1.98. The number of methoxy groups -OCH3 is 1. The number of hydrogen-bond acceptors (Lipinski definition) is 3. The number of aliphatic hydroxyl groups is 1. The second-order valence-electron chi connectivity index (χ2n) is 3.54. The van der Waals surface area contributed by atoms with Crippen LogP contribution in [0.2, 0.25) is 0 Å². The van der Waals surface area contributed by atoms with E-state index in [-0.39, 0.29) is 6.10 Å². The number of hydrogen-bond donors (Lipinski definition) is 1. The highest BCUT2D eigenvalue weighted by Gasteiger charge is 1.97. The van der Waals surface area contributed by atoms with E-state index in [1.54, 1.807) is 14.0 Å². The van der Waals surface area contributed by atoms with Crippen LogP contribution in [0.1, 0.15) is 18.9 Å². The summed E-state index contributed by atoms with van der Waals surface area (Å²) in [4.78, 5) is 0. The van der Waals surface area contributed by atoms with Gasteiger partial charge in [0.05, 0.1) is 19.8 Å². The molecule has 0 amide bonds. The van der Waals surface area contributed by atoms with Crippen LogP contribution in [0, 0.1) is 0 Å². The molecular weight excluding hydrogens is 192 g/mol. The summed E-state index contributed by atoms with van der Waals surface area (Å²) in [6.45, 7) is 2.93. The Hall–Kier alpha value is -1.06. The molecule has 3 heteroatoms. The van der Waals surface area contributed by atoms with Gasteiger partial charge in [-0.05, 0) is 31.0 Å². The molecule has 1 aromatic carbocycles. The minimum absolute atomic E-state index is 0.291. The van der Waals surface area contributed by atoms with Gasteiger partial charge in [-0.2, -0.15) is 0 Å². The zero-order chi connectivity index (χ0) is 11.1. The third-order valence-electron chi connectivity index (χ3n) is 2.11. The lowest BCUT2D eigenvalue weighted by molar-refractivity contribution is 0.0801. The first kappa shape index (κ1) is 12.0. The standard InChI is InChI=1S/C12H18O3/c1-10(13)7-8-15-9-11-3-5-12(14-2)6-4-11/h3-6,10,13H,7-9H2,1-2H3/t10-/m1/s1. The van der Waals surface area contributed by atoms with Crippen molar-refractivity contribution in [2.75, 3.05) is 13.7 Å². The Labute approximate surface area is 90.6 Å². The molecule has 0 aliphatic rings. The van der Waals surface area contributed by atoms with Gasteiger partial charge in [-0.1, -0.05) is 12.1 Å². The Kier molecular flexibility index (Phi) is 5.15. The first-order valence-corrected chi connectivity index (χ1v) is 5.11. The number of benzene rings is 1. The van der Waals surface area contributed by atoms with Gasteiger partial charge in [-0.25, -0.2) is 0 Å². The number of aliphatic hydroxyl groups excluding tert-OH is 1. The van der Waals surface area contributed by atoms with E-state index >= 15 is 0 Å². The molecule has 0 unspecified atom stereocenters. The van der Waals surface area contributed by atoms with Crippen LogP contribution in [-0.4, -0.2) is 24.9 Å². The van der Waals surface area contributed by atoms with E-state index in [9.17, 15) is 0 Å². The van der Waals surface area contributed by atoms with Crippen LogP contribution in [0.3, 0.4) is 0 Å². The molecular formula is C12H18O3. The van der Waals surface area contributed by atoms with Gasteiger partial charge < -0.3 is 14.6 Å². The van der Waals surface area contributed by atoms with Gasteiger partial charge >= 0.3 is 0 Å². The Bertz CT molecular complexity index is 267. The van der Waals surface area contributed by atoms with Gasteiger partial charge in [0, 0.05) is 6.61 Å². The molecule has 0 saturated heterocycles. The SMILES string of the molecule is COc1ccc(COCC[C@@H](C)O)cc1. The minimum atomic E-state index is -0.291. The summed E-state index contributed by atoms with van der Waals surface area (Å²) in [5, 5.41) is 9.02. The van der Waals surface area contributed by atoms with E-state index in [1.165, 1.54) is 0 Å². The Morgan fingerprint density at radius 2 is 1.93 bits per heavy atom. The molecule has 0 radical (unpaired) electrons. The lowest BCUT2D eigenvalue weighted by atomic mass is 10.2. The van der Waals surface area contributed by atoms with Crippen LogP contribution < -0.4 is 4.74 Å². The summed E-state index contributed by atoms with van der Waals surface area (Å²) in [7, 11) is 1.65. The van der Waals surface area contributed by atoms with E-state index in [0.29, 0.717) is 19.6 Å². The van der Waals surface area contributed by atoms with Gasteiger partial charge in [-0.15, -0.1) is 0 Å². The highest BCUT2D eigenvalue weighted by molar-refractivity contribution is 5.26. The summed E-state index contributed by atoms with van der Waals surface area (Å²) in [6, 6.07) is 7.77. The van der Waals surface area contributed by atoms with Gasteiger partial charge in [-0.3, -0.25) is 0 Å². The quantitative estimate of drug-likeness (QED) is 0.730. The van der Waals surface area contributed by atoms with Crippen molar-refractivity contribution in [2.24, 2.45) is 0 Å². The van der Waals surface area contributed by atoms with Gasteiger partial charge in [0.15, 0.2) is 0 Å². The van der Waals surface area contributed by atoms with Crippen molar-refractivity contribution in [1.29, 1.82) is 0 Å². The van der Waals surface area contributed by atoms with E-state index in [1.807, 2.05) is 24.3 Å².